The van der Waals surface area contributed by atoms with Crippen molar-refractivity contribution in [2.45, 2.75) is 6.42 Å². The molecule has 104 valence electrons. The summed E-state index contributed by atoms with van der Waals surface area (Å²) in [7, 11) is 1.64. The van der Waals surface area contributed by atoms with E-state index in [1.54, 1.807) is 31.4 Å². The van der Waals surface area contributed by atoms with Gasteiger partial charge in [-0.1, -0.05) is 35.9 Å². The van der Waals surface area contributed by atoms with E-state index in [2.05, 4.69) is 5.32 Å². The Morgan fingerprint density at radius 2 is 1.85 bits per heavy atom. The highest BCUT2D eigenvalue weighted by Crippen LogP contribution is 2.14. The van der Waals surface area contributed by atoms with Crippen molar-refractivity contribution in [1.82, 2.24) is 5.32 Å². The lowest BCUT2D eigenvalue weighted by Gasteiger charge is -2.07. The lowest BCUT2D eigenvalue weighted by atomic mass is 10.1. The van der Waals surface area contributed by atoms with Gasteiger partial charge >= 0.3 is 0 Å². The molecule has 0 heterocycles. The largest absolute Gasteiger partial charge is 0.497 e. The SMILES string of the molecule is COc1ccc(CCNC(=O)c2ccccc2Cl)cc1. The van der Waals surface area contributed by atoms with Gasteiger partial charge in [-0.3, -0.25) is 4.79 Å². The molecule has 0 spiro atoms. The van der Waals surface area contributed by atoms with E-state index in [1.807, 2.05) is 24.3 Å². The highest BCUT2D eigenvalue weighted by molar-refractivity contribution is 6.33. The molecule has 4 heteroatoms. The third-order valence-corrected chi connectivity index (χ3v) is 3.31. The number of nitrogens with one attached hydrogen (secondary N) is 1. The molecule has 0 saturated carbocycles. The third kappa shape index (κ3) is 3.75. The van der Waals surface area contributed by atoms with Crippen LogP contribution in [0.25, 0.3) is 0 Å². The predicted octanol–water partition coefficient (Wildman–Crippen LogP) is 3.32. The van der Waals surface area contributed by atoms with Crippen LogP contribution in [0.15, 0.2) is 48.5 Å². The Bertz CT molecular complexity index is 581. The lowest BCUT2D eigenvalue weighted by molar-refractivity contribution is 0.0954. The molecule has 0 radical (unpaired) electrons. The lowest BCUT2D eigenvalue weighted by Crippen LogP contribution is -2.25. The first kappa shape index (κ1) is 14.4. The van der Waals surface area contributed by atoms with Gasteiger partial charge in [0.2, 0.25) is 0 Å². The summed E-state index contributed by atoms with van der Waals surface area (Å²) >= 11 is 5.97. The molecular formula is C16H16ClNO2. The standard InChI is InChI=1S/C16H16ClNO2/c1-20-13-8-6-12(7-9-13)10-11-18-16(19)14-4-2-3-5-15(14)17/h2-9H,10-11H2,1H3,(H,18,19). The second-order valence-corrected chi connectivity index (χ2v) is 4.74. The summed E-state index contributed by atoms with van der Waals surface area (Å²) in [5.74, 6) is 0.679. The predicted molar refractivity (Wildman–Crippen MR) is 80.5 cm³/mol. The molecule has 2 aromatic rings. The van der Waals surface area contributed by atoms with Gasteiger partial charge < -0.3 is 10.1 Å². The quantitative estimate of drug-likeness (QED) is 0.917. The summed E-state index contributed by atoms with van der Waals surface area (Å²) < 4.78 is 5.10. The highest BCUT2D eigenvalue weighted by Gasteiger charge is 2.08. The molecule has 0 fully saturated rings. The average molecular weight is 290 g/mol. The number of halogens is 1. The summed E-state index contributed by atoms with van der Waals surface area (Å²) in [5.41, 5.74) is 1.65. The molecule has 0 aliphatic carbocycles. The van der Waals surface area contributed by atoms with Crippen molar-refractivity contribution in [3.63, 3.8) is 0 Å². The fraction of sp³-hybridized carbons (Fsp3) is 0.188. The van der Waals surface area contributed by atoms with E-state index in [4.69, 9.17) is 16.3 Å². The summed E-state index contributed by atoms with van der Waals surface area (Å²) in [5, 5.41) is 3.33. The van der Waals surface area contributed by atoms with E-state index in [-0.39, 0.29) is 5.91 Å². The maximum atomic E-state index is 11.9. The minimum atomic E-state index is -0.149. The summed E-state index contributed by atoms with van der Waals surface area (Å²) in [4.78, 5) is 11.9. The second kappa shape index (κ2) is 6.96. The van der Waals surface area contributed by atoms with Gasteiger partial charge in [-0.15, -0.1) is 0 Å². The maximum Gasteiger partial charge on any atom is 0.252 e. The molecule has 0 atom stereocenters. The number of hydrogen-bond donors (Lipinski definition) is 1. The van der Waals surface area contributed by atoms with Crippen LogP contribution in [0.2, 0.25) is 5.02 Å². The van der Waals surface area contributed by atoms with Gasteiger partial charge in [0.25, 0.3) is 5.91 Å². The summed E-state index contributed by atoms with van der Waals surface area (Å²) in [6.45, 7) is 0.566. The first-order valence-corrected chi connectivity index (χ1v) is 6.74. The van der Waals surface area contributed by atoms with Gasteiger partial charge in [0.1, 0.15) is 5.75 Å². The molecule has 1 N–H and O–H groups in total. The van der Waals surface area contributed by atoms with Crippen LogP contribution in [0, 0.1) is 0 Å². The molecule has 2 aromatic carbocycles. The number of methoxy groups -OCH3 is 1. The number of ether oxygens (including phenoxy) is 1. The van der Waals surface area contributed by atoms with E-state index in [0.717, 1.165) is 17.7 Å². The minimum Gasteiger partial charge on any atom is -0.497 e. The Hall–Kier alpha value is -2.00. The Morgan fingerprint density at radius 1 is 1.15 bits per heavy atom. The average Bonchev–Trinajstić information content (AvgIpc) is 2.48. The van der Waals surface area contributed by atoms with Gasteiger partial charge in [0.05, 0.1) is 17.7 Å². The van der Waals surface area contributed by atoms with Crippen LogP contribution in [0.1, 0.15) is 15.9 Å². The molecular weight excluding hydrogens is 274 g/mol. The van der Waals surface area contributed by atoms with Crippen LogP contribution >= 0.6 is 11.6 Å². The van der Waals surface area contributed by atoms with Crippen molar-refractivity contribution in [3.8, 4) is 5.75 Å². The Kier molecular flexibility index (Phi) is 5.02. The van der Waals surface area contributed by atoms with Crippen LogP contribution in [0.5, 0.6) is 5.75 Å². The van der Waals surface area contributed by atoms with E-state index in [9.17, 15) is 4.79 Å². The number of carbonyl (C=O) groups excluding carboxylic acids is 1. The van der Waals surface area contributed by atoms with Crippen LogP contribution in [-0.4, -0.2) is 19.6 Å². The van der Waals surface area contributed by atoms with Crippen molar-refractivity contribution in [2.24, 2.45) is 0 Å². The zero-order chi connectivity index (χ0) is 14.4. The van der Waals surface area contributed by atoms with E-state index >= 15 is 0 Å². The molecule has 20 heavy (non-hydrogen) atoms. The molecule has 0 aliphatic heterocycles. The van der Waals surface area contributed by atoms with Crippen molar-refractivity contribution in [3.05, 3.63) is 64.7 Å². The van der Waals surface area contributed by atoms with Crippen LogP contribution in [-0.2, 0) is 6.42 Å². The maximum absolute atomic E-state index is 11.9. The van der Waals surface area contributed by atoms with Gasteiger partial charge in [-0.25, -0.2) is 0 Å². The van der Waals surface area contributed by atoms with Gasteiger partial charge in [0, 0.05) is 6.54 Å². The molecule has 1 amide bonds. The number of benzene rings is 2. The van der Waals surface area contributed by atoms with E-state index in [0.29, 0.717) is 17.1 Å². The summed E-state index contributed by atoms with van der Waals surface area (Å²) in [6.07, 6.45) is 0.764. The summed E-state index contributed by atoms with van der Waals surface area (Å²) in [6, 6.07) is 14.8. The first-order chi connectivity index (χ1) is 9.70. The number of rotatable bonds is 5. The smallest absolute Gasteiger partial charge is 0.252 e. The Morgan fingerprint density at radius 3 is 2.50 bits per heavy atom. The van der Waals surface area contributed by atoms with Gasteiger partial charge in [0.15, 0.2) is 0 Å². The monoisotopic (exact) mass is 289 g/mol. The molecule has 0 aliphatic rings. The minimum absolute atomic E-state index is 0.149. The first-order valence-electron chi connectivity index (χ1n) is 6.36. The molecule has 0 unspecified atom stereocenters. The fourth-order valence-corrected chi connectivity index (χ4v) is 2.07. The Balaban J connectivity index is 1.86. The normalized spacial score (nSPS) is 10.1. The number of carbonyl (C=O) groups is 1. The topological polar surface area (TPSA) is 38.3 Å². The third-order valence-electron chi connectivity index (χ3n) is 2.98. The van der Waals surface area contributed by atoms with Crippen molar-refractivity contribution in [2.75, 3.05) is 13.7 Å². The zero-order valence-electron chi connectivity index (χ0n) is 11.2. The second-order valence-electron chi connectivity index (χ2n) is 4.33. The molecule has 2 rings (SSSR count). The van der Waals surface area contributed by atoms with Crippen LogP contribution < -0.4 is 10.1 Å². The molecule has 3 nitrogen and oxygen atoms in total. The van der Waals surface area contributed by atoms with Crippen LogP contribution in [0.4, 0.5) is 0 Å². The molecule has 0 saturated heterocycles. The van der Waals surface area contributed by atoms with Gasteiger partial charge in [-0.05, 0) is 36.2 Å². The van der Waals surface area contributed by atoms with Crippen molar-refractivity contribution < 1.29 is 9.53 Å². The van der Waals surface area contributed by atoms with Crippen molar-refractivity contribution >= 4 is 17.5 Å². The van der Waals surface area contributed by atoms with E-state index < -0.39 is 0 Å². The van der Waals surface area contributed by atoms with Gasteiger partial charge in [-0.2, -0.15) is 0 Å². The number of amides is 1. The number of hydrogen-bond acceptors (Lipinski definition) is 2. The van der Waals surface area contributed by atoms with Crippen molar-refractivity contribution in [1.29, 1.82) is 0 Å². The van der Waals surface area contributed by atoms with E-state index in [1.165, 1.54) is 0 Å². The fourth-order valence-electron chi connectivity index (χ4n) is 1.85. The molecule has 0 aromatic heterocycles. The molecule has 0 bridgehead atoms. The Labute approximate surface area is 123 Å². The van der Waals surface area contributed by atoms with Crippen LogP contribution in [0.3, 0.4) is 0 Å². The highest BCUT2D eigenvalue weighted by atomic mass is 35.5. The zero-order valence-corrected chi connectivity index (χ0v) is 12.0.